The van der Waals surface area contributed by atoms with E-state index >= 15 is 0 Å². The van der Waals surface area contributed by atoms with Crippen LogP contribution in [0, 0.1) is 5.82 Å². The third-order valence-electron chi connectivity index (χ3n) is 3.60. The molecule has 0 saturated heterocycles. The summed E-state index contributed by atoms with van der Waals surface area (Å²) >= 11 is 4.58. The number of benzene rings is 2. The Morgan fingerprint density at radius 1 is 1.30 bits per heavy atom. The first-order valence-electron chi connectivity index (χ1n) is 8.08. The van der Waals surface area contributed by atoms with Crippen LogP contribution in [0.3, 0.4) is 0 Å². The number of halogens is 2. The molecule has 0 aromatic heterocycles. The van der Waals surface area contributed by atoms with E-state index < -0.39 is 0 Å². The highest BCUT2D eigenvalue weighted by molar-refractivity contribution is 9.10. The largest absolute Gasteiger partial charge is 0.490 e. The maximum Gasteiger partial charge on any atom is 0.286 e. The minimum absolute atomic E-state index is 0.0600. The molecule has 8 heteroatoms. The smallest absolute Gasteiger partial charge is 0.286 e. The number of nitrogens with two attached hydrogens (primary N) is 1. The zero-order valence-corrected chi connectivity index (χ0v) is 16.8. The number of amides is 1. The van der Waals surface area contributed by atoms with Crippen LogP contribution in [0.15, 0.2) is 50.8 Å². The van der Waals surface area contributed by atoms with Crippen molar-refractivity contribution in [3.8, 4) is 11.5 Å². The van der Waals surface area contributed by atoms with Gasteiger partial charge in [-0.2, -0.15) is 4.99 Å². The molecule has 2 N–H and O–H groups in total. The van der Waals surface area contributed by atoms with E-state index in [0.717, 1.165) is 17.3 Å². The normalized spacial score (nSPS) is 15.1. The molecular formula is C19H16BrFN2O3S. The summed E-state index contributed by atoms with van der Waals surface area (Å²) in [5.74, 6) is 0.247. The molecule has 0 saturated carbocycles. The van der Waals surface area contributed by atoms with E-state index in [9.17, 15) is 9.18 Å². The van der Waals surface area contributed by atoms with Crippen LogP contribution in [0.2, 0.25) is 0 Å². The molecule has 2 aromatic carbocycles. The van der Waals surface area contributed by atoms with Gasteiger partial charge in [-0.25, -0.2) is 4.39 Å². The quantitative estimate of drug-likeness (QED) is 0.655. The van der Waals surface area contributed by atoms with Gasteiger partial charge in [-0.1, -0.05) is 18.2 Å². The van der Waals surface area contributed by atoms with E-state index in [1.165, 1.54) is 6.07 Å². The van der Waals surface area contributed by atoms with Crippen molar-refractivity contribution in [2.24, 2.45) is 10.7 Å². The molecule has 0 aliphatic carbocycles. The van der Waals surface area contributed by atoms with Gasteiger partial charge in [-0.15, -0.1) is 0 Å². The maximum absolute atomic E-state index is 13.8. The molecule has 27 heavy (non-hydrogen) atoms. The lowest BCUT2D eigenvalue weighted by Crippen LogP contribution is -2.02. The lowest BCUT2D eigenvalue weighted by Gasteiger charge is -2.15. The van der Waals surface area contributed by atoms with Crippen molar-refractivity contribution in [3.05, 3.63) is 62.7 Å². The van der Waals surface area contributed by atoms with Gasteiger partial charge in [0.2, 0.25) is 0 Å². The van der Waals surface area contributed by atoms with E-state index in [1.54, 1.807) is 36.4 Å². The summed E-state index contributed by atoms with van der Waals surface area (Å²) in [5, 5.41) is 0.222. The molecule has 0 spiro atoms. The molecule has 0 unspecified atom stereocenters. The second kappa shape index (κ2) is 8.58. The fraction of sp³-hybridized carbons (Fsp3) is 0.158. The van der Waals surface area contributed by atoms with E-state index in [-0.39, 0.29) is 23.5 Å². The first-order chi connectivity index (χ1) is 13.0. The van der Waals surface area contributed by atoms with Crippen LogP contribution in [-0.4, -0.2) is 17.7 Å². The predicted octanol–water partition coefficient (Wildman–Crippen LogP) is 4.49. The van der Waals surface area contributed by atoms with Crippen molar-refractivity contribution in [2.75, 3.05) is 6.61 Å². The summed E-state index contributed by atoms with van der Waals surface area (Å²) in [4.78, 5) is 15.9. The van der Waals surface area contributed by atoms with Gasteiger partial charge in [0, 0.05) is 5.56 Å². The molecule has 1 aliphatic rings. The van der Waals surface area contributed by atoms with Gasteiger partial charge in [0.15, 0.2) is 16.7 Å². The average molecular weight is 451 g/mol. The van der Waals surface area contributed by atoms with Crippen LogP contribution < -0.4 is 15.2 Å². The number of carbonyl (C=O) groups is 1. The van der Waals surface area contributed by atoms with Crippen molar-refractivity contribution in [1.29, 1.82) is 0 Å². The summed E-state index contributed by atoms with van der Waals surface area (Å²) in [5.41, 5.74) is 6.74. The molecule has 3 rings (SSSR count). The summed E-state index contributed by atoms with van der Waals surface area (Å²) in [6.45, 7) is 2.33. The van der Waals surface area contributed by atoms with Gasteiger partial charge in [0.1, 0.15) is 12.4 Å². The number of hydrogen-bond donors (Lipinski definition) is 1. The third-order valence-corrected chi connectivity index (χ3v) is 5.00. The van der Waals surface area contributed by atoms with Crippen molar-refractivity contribution >= 4 is 44.8 Å². The van der Waals surface area contributed by atoms with E-state index in [4.69, 9.17) is 15.2 Å². The second-order valence-electron chi connectivity index (χ2n) is 5.51. The topological polar surface area (TPSA) is 73.9 Å². The van der Waals surface area contributed by atoms with Gasteiger partial charge in [0.05, 0.1) is 16.0 Å². The summed E-state index contributed by atoms with van der Waals surface area (Å²) in [7, 11) is 0. The number of amidine groups is 1. The van der Waals surface area contributed by atoms with Crippen LogP contribution in [0.25, 0.3) is 6.08 Å². The SMILES string of the molecule is CCOc1cc(/C=C2\SC(N)=NC2=O)cc(Br)c1OCc1ccccc1F. The van der Waals surface area contributed by atoms with Crippen molar-refractivity contribution in [1.82, 2.24) is 0 Å². The zero-order valence-electron chi connectivity index (χ0n) is 14.4. The van der Waals surface area contributed by atoms with Gasteiger partial charge in [-0.05, 0) is 64.5 Å². The fourth-order valence-corrected chi connectivity index (χ4v) is 3.67. The summed E-state index contributed by atoms with van der Waals surface area (Å²) in [6.07, 6.45) is 1.68. The molecule has 0 radical (unpaired) electrons. The summed E-state index contributed by atoms with van der Waals surface area (Å²) < 4.78 is 25.9. The molecule has 0 bridgehead atoms. The Kier molecular flexibility index (Phi) is 6.18. The van der Waals surface area contributed by atoms with Crippen LogP contribution in [0.1, 0.15) is 18.1 Å². The standard InChI is InChI=1S/C19H16BrFN2O3S/c1-2-25-15-8-11(9-16-18(24)23-19(22)27-16)7-13(20)17(15)26-10-12-5-3-4-6-14(12)21/h3-9H,2,10H2,1H3,(H2,22,23,24)/b16-9-. The Morgan fingerprint density at radius 2 is 2.07 bits per heavy atom. The van der Waals surface area contributed by atoms with Crippen LogP contribution in [0.4, 0.5) is 4.39 Å². The Balaban J connectivity index is 1.87. The maximum atomic E-state index is 13.8. The van der Waals surface area contributed by atoms with E-state index in [0.29, 0.717) is 33.0 Å². The summed E-state index contributed by atoms with van der Waals surface area (Å²) in [6, 6.07) is 9.96. The first-order valence-corrected chi connectivity index (χ1v) is 9.69. The van der Waals surface area contributed by atoms with Crippen molar-refractivity contribution in [3.63, 3.8) is 0 Å². The van der Waals surface area contributed by atoms with E-state index in [1.807, 2.05) is 6.92 Å². The molecular weight excluding hydrogens is 435 g/mol. The Hall–Kier alpha value is -2.32. The fourth-order valence-electron chi connectivity index (χ4n) is 2.42. The van der Waals surface area contributed by atoms with Crippen LogP contribution in [0.5, 0.6) is 11.5 Å². The average Bonchev–Trinajstić information content (AvgIpc) is 2.93. The molecule has 0 atom stereocenters. The number of nitrogens with zero attached hydrogens (tertiary/aromatic N) is 1. The molecule has 140 valence electrons. The van der Waals surface area contributed by atoms with Crippen LogP contribution >= 0.6 is 27.7 Å². The highest BCUT2D eigenvalue weighted by Crippen LogP contribution is 2.39. The molecule has 1 amide bonds. The minimum Gasteiger partial charge on any atom is -0.490 e. The van der Waals surface area contributed by atoms with E-state index in [2.05, 4.69) is 20.9 Å². The molecule has 1 heterocycles. The van der Waals surface area contributed by atoms with Gasteiger partial charge in [-0.3, -0.25) is 4.79 Å². The number of hydrogen-bond acceptors (Lipinski definition) is 5. The molecule has 0 fully saturated rings. The Bertz CT molecular complexity index is 947. The Labute approximate surface area is 168 Å². The number of aliphatic imine (C=N–C) groups is 1. The second-order valence-corrected chi connectivity index (χ2v) is 7.43. The lowest BCUT2D eigenvalue weighted by molar-refractivity contribution is -0.113. The van der Waals surface area contributed by atoms with Gasteiger partial charge in [0.25, 0.3) is 5.91 Å². The third kappa shape index (κ3) is 4.70. The number of thioether (sulfide) groups is 1. The zero-order chi connectivity index (χ0) is 19.4. The minimum atomic E-state index is -0.369. The van der Waals surface area contributed by atoms with Crippen molar-refractivity contribution in [2.45, 2.75) is 13.5 Å². The Morgan fingerprint density at radius 3 is 2.74 bits per heavy atom. The molecule has 1 aliphatic heterocycles. The number of rotatable bonds is 6. The molecule has 5 nitrogen and oxygen atoms in total. The monoisotopic (exact) mass is 450 g/mol. The molecule has 2 aromatic rings. The van der Waals surface area contributed by atoms with Gasteiger partial charge >= 0.3 is 0 Å². The van der Waals surface area contributed by atoms with Crippen molar-refractivity contribution < 1.29 is 18.7 Å². The van der Waals surface area contributed by atoms with Gasteiger partial charge < -0.3 is 15.2 Å². The predicted molar refractivity (Wildman–Crippen MR) is 108 cm³/mol. The number of carbonyl (C=O) groups excluding carboxylic acids is 1. The first kappa shape index (κ1) is 19.4. The highest BCUT2D eigenvalue weighted by Gasteiger charge is 2.20. The highest BCUT2D eigenvalue weighted by atomic mass is 79.9. The lowest BCUT2D eigenvalue weighted by atomic mass is 10.1. The number of ether oxygens (including phenoxy) is 2. The van der Waals surface area contributed by atoms with Crippen LogP contribution in [-0.2, 0) is 11.4 Å².